The molecule has 0 saturated heterocycles. The van der Waals surface area contributed by atoms with E-state index in [1.165, 1.54) is 16.7 Å². The van der Waals surface area contributed by atoms with E-state index in [9.17, 15) is 9.50 Å². The number of hydrogen-bond donors (Lipinski definition) is 1. The second kappa shape index (κ2) is 2.71. The Balaban J connectivity index is 2.96. The highest BCUT2D eigenvalue weighted by molar-refractivity contribution is 9.10. The van der Waals surface area contributed by atoms with E-state index in [4.69, 9.17) is 0 Å². The normalized spacial score (nSPS) is 10.8. The Hall–Kier alpha value is -0.610. The van der Waals surface area contributed by atoms with Gasteiger partial charge in [0, 0.05) is 10.1 Å². The van der Waals surface area contributed by atoms with Crippen molar-refractivity contribution >= 4 is 37.4 Å². The molecule has 0 aliphatic carbocycles. The van der Waals surface area contributed by atoms with Crippen LogP contribution in [0.3, 0.4) is 0 Å². The molecule has 0 unspecified atom stereocenters. The maximum absolute atomic E-state index is 13.3. The lowest BCUT2D eigenvalue weighted by Crippen LogP contribution is -1.76. The second-order valence-electron chi connectivity index (χ2n) is 2.36. The van der Waals surface area contributed by atoms with Crippen LogP contribution < -0.4 is 0 Å². The third-order valence-corrected chi connectivity index (χ3v) is 3.16. The van der Waals surface area contributed by atoms with Crippen LogP contribution in [0.15, 0.2) is 22.0 Å². The Morgan fingerprint density at radius 1 is 1.42 bits per heavy atom. The molecule has 0 bridgehead atoms. The molecule has 0 aliphatic rings. The van der Waals surface area contributed by atoms with Gasteiger partial charge in [-0.1, -0.05) is 0 Å². The molecule has 0 aliphatic heterocycles. The first-order valence-corrected chi connectivity index (χ1v) is 4.91. The van der Waals surface area contributed by atoms with Crippen molar-refractivity contribution in [2.75, 3.05) is 0 Å². The van der Waals surface area contributed by atoms with Crippen molar-refractivity contribution in [3.05, 3.63) is 27.8 Å². The highest BCUT2D eigenvalue weighted by Gasteiger charge is 2.10. The summed E-state index contributed by atoms with van der Waals surface area (Å²) in [5, 5.41) is 11.1. The summed E-state index contributed by atoms with van der Waals surface area (Å²) in [4.78, 5) is 0. The molecule has 0 spiro atoms. The summed E-state index contributed by atoms with van der Waals surface area (Å²) >= 11 is 4.38. The number of fused-ring (bicyclic) bond motifs is 1. The van der Waals surface area contributed by atoms with Gasteiger partial charge in [-0.25, -0.2) is 4.39 Å². The topological polar surface area (TPSA) is 20.2 Å². The fraction of sp³-hybridized carbons (Fsp3) is 0. The van der Waals surface area contributed by atoms with E-state index < -0.39 is 5.82 Å². The lowest BCUT2D eigenvalue weighted by atomic mass is 10.2. The van der Waals surface area contributed by atoms with E-state index in [2.05, 4.69) is 15.9 Å². The summed E-state index contributed by atoms with van der Waals surface area (Å²) in [6.07, 6.45) is 0. The van der Waals surface area contributed by atoms with Gasteiger partial charge in [-0.3, -0.25) is 0 Å². The van der Waals surface area contributed by atoms with Crippen molar-refractivity contribution in [1.29, 1.82) is 0 Å². The van der Waals surface area contributed by atoms with Crippen LogP contribution in [-0.4, -0.2) is 5.11 Å². The lowest BCUT2D eigenvalue weighted by Gasteiger charge is -1.95. The Kier molecular flexibility index (Phi) is 1.81. The van der Waals surface area contributed by atoms with Crippen molar-refractivity contribution in [3.63, 3.8) is 0 Å². The molecule has 0 saturated carbocycles. The van der Waals surface area contributed by atoms with E-state index in [1.807, 2.05) is 0 Å². The van der Waals surface area contributed by atoms with Crippen LogP contribution in [0.1, 0.15) is 0 Å². The molecule has 0 radical (unpaired) electrons. The Bertz CT molecular complexity index is 438. The van der Waals surface area contributed by atoms with Crippen LogP contribution >= 0.6 is 27.3 Å². The monoisotopic (exact) mass is 246 g/mol. The third-order valence-electron chi connectivity index (χ3n) is 1.61. The van der Waals surface area contributed by atoms with Gasteiger partial charge >= 0.3 is 0 Å². The number of thiophene rings is 1. The number of aromatic hydroxyl groups is 1. The molecule has 0 amide bonds. The molecule has 0 atom stereocenters. The minimum atomic E-state index is -0.397. The van der Waals surface area contributed by atoms with Crippen molar-refractivity contribution in [3.8, 4) is 5.75 Å². The van der Waals surface area contributed by atoms with Gasteiger partial charge in [0.25, 0.3) is 0 Å². The van der Waals surface area contributed by atoms with Gasteiger partial charge < -0.3 is 5.11 Å². The number of benzene rings is 1. The van der Waals surface area contributed by atoms with Gasteiger partial charge in [-0.15, -0.1) is 11.3 Å². The van der Waals surface area contributed by atoms with E-state index in [-0.39, 0.29) is 5.75 Å². The first kappa shape index (κ1) is 8.01. The summed E-state index contributed by atoms with van der Waals surface area (Å²) in [7, 11) is 0. The zero-order valence-electron chi connectivity index (χ0n) is 5.84. The smallest absolute Gasteiger partial charge is 0.149 e. The molecule has 0 fully saturated rings. The maximum Gasteiger partial charge on any atom is 0.149 e. The van der Waals surface area contributed by atoms with Crippen molar-refractivity contribution < 1.29 is 9.50 Å². The van der Waals surface area contributed by atoms with E-state index in [0.29, 0.717) is 9.86 Å². The first-order chi connectivity index (χ1) is 5.70. The van der Waals surface area contributed by atoms with Crippen LogP contribution in [0, 0.1) is 5.82 Å². The highest BCUT2D eigenvalue weighted by Crippen LogP contribution is 2.35. The average Bonchev–Trinajstić information content (AvgIpc) is 2.41. The minimum Gasteiger partial charge on any atom is -0.506 e. The molecule has 1 aromatic heterocycles. The van der Waals surface area contributed by atoms with Gasteiger partial charge in [-0.05, 0) is 28.1 Å². The highest BCUT2D eigenvalue weighted by atomic mass is 79.9. The fourth-order valence-corrected chi connectivity index (χ4v) is 2.19. The standard InChI is InChI=1S/C8H4BrFOS/c9-4-1-2-6-7(8(4)10)5(11)3-12-6/h1-3,11H. The fourth-order valence-electron chi connectivity index (χ4n) is 1.05. The minimum absolute atomic E-state index is 0.00815. The van der Waals surface area contributed by atoms with Crippen LogP contribution in [0.4, 0.5) is 4.39 Å². The van der Waals surface area contributed by atoms with E-state index in [1.54, 1.807) is 12.1 Å². The Morgan fingerprint density at radius 3 is 2.92 bits per heavy atom. The summed E-state index contributed by atoms with van der Waals surface area (Å²) in [5.74, 6) is -0.389. The molecular weight excluding hydrogens is 243 g/mol. The summed E-state index contributed by atoms with van der Waals surface area (Å²) in [6, 6.07) is 3.40. The quantitative estimate of drug-likeness (QED) is 0.755. The van der Waals surface area contributed by atoms with Crippen molar-refractivity contribution in [2.45, 2.75) is 0 Å². The van der Waals surface area contributed by atoms with Gasteiger partial charge in [0.15, 0.2) is 0 Å². The molecule has 4 heteroatoms. The molecule has 2 aromatic rings. The molecule has 12 heavy (non-hydrogen) atoms. The molecule has 62 valence electrons. The molecule has 1 aromatic carbocycles. The molecule has 1 N–H and O–H groups in total. The third kappa shape index (κ3) is 1.03. The maximum atomic E-state index is 13.3. The zero-order chi connectivity index (χ0) is 8.72. The molecule has 1 nitrogen and oxygen atoms in total. The Labute approximate surface area is 80.6 Å². The summed E-state index contributed by atoms with van der Waals surface area (Å²) in [6.45, 7) is 0. The average molecular weight is 247 g/mol. The number of halogens is 2. The second-order valence-corrected chi connectivity index (χ2v) is 4.12. The predicted molar refractivity (Wildman–Crippen MR) is 51.1 cm³/mol. The van der Waals surface area contributed by atoms with Crippen LogP contribution in [0.5, 0.6) is 5.75 Å². The predicted octanol–water partition coefficient (Wildman–Crippen LogP) is 3.51. The van der Waals surface area contributed by atoms with Crippen LogP contribution in [0.25, 0.3) is 10.1 Å². The van der Waals surface area contributed by atoms with Gasteiger partial charge in [0.05, 0.1) is 9.86 Å². The van der Waals surface area contributed by atoms with E-state index >= 15 is 0 Å². The number of hydrogen-bond acceptors (Lipinski definition) is 2. The van der Waals surface area contributed by atoms with Crippen LogP contribution in [0.2, 0.25) is 0 Å². The zero-order valence-corrected chi connectivity index (χ0v) is 8.25. The summed E-state index contributed by atoms with van der Waals surface area (Å²) < 4.78 is 14.4. The van der Waals surface area contributed by atoms with Gasteiger partial charge in [-0.2, -0.15) is 0 Å². The van der Waals surface area contributed by atoms with Gasteiger partial charge in [0.2, 0.25) is 0 Å². The summed E-state index contributed by atoms with van der Waals surface area (Å²) in [5.41, 5.74) is 0. The first-order valence-electron chi connectivity index (χ1n) is 3.24. The largest absolute Gasteiger partial charge is 0.506 e. The Morgan fingerprint density at radius 2 is 2.17 bits per heavy atom. The van der Waals surface area contributed by atoms with Gasteiger partial charge in [0.1, 0.15) is 11.6 Å². The van der Waals surface area contributed by atoms with Crippen LogP contribution in [-0.2, 0) is 0 Å². The molecule has 1 heterocycles. The lowest BCUT2D eigenvalue weighted by molar-refractivity contribution is 0.480. The molecule has 2 rings (SSSR count). The number of rotatable bonds is 0. The van der Waals surface area contributed by atoms with Crippen molar-refractivity contribution in [2.24, 2.45) is 0 Å². The SMILES string of the molecule is Oc1csc2ccc(Br)c(F)c12. The molecular formula is C8H4BrFOS. The van der Waals surface area contributed by atoms with Crippen molar-refractivity contribution in [1.82, 2.24) is 0 Å². The van der Waals surface area contributed by atoms with E-state index in [0.717, 1.165) is 4.70 Å².